The summed E-state index contributed by atoms with van der Waals surface area (Å²) < 4.78 is 25.7. The van der Waals surface area contributed by atoms with Gasteiger partial charge in [-0.1, -0.05) is 0 Å². The molecule has 2 heterocycles. The third-order valence-corrected chi connectivity index (χ3v) is 6.28. The number of hydrogen-bond donors (Lipinski definition) is 0. The van der Waals surface area contributed by atoms with E-state index in [1.807, 2.05) is 0 Å². The van der Waals surface area contributed by atoms with Crippen LogP contribution in [0.2, 0.25) is 0 Å². The molecule has 0 atom stereocenters. The molecule has 2 rings (SSSR count). The van der Waals surface area contributed by atoms with E-state index in [0.29, 0.717) is 13.1 Å². The molecule has 1 aliphatic rings. The standard InChI is InChI=1S/C12H20N2O2S2/c1-11(2)18(15,16)14-6-4-13(5-7-14)9-12-3-8-17-10-12/h3,8,10-11H,4-7,9H2,1-2H3. The Labute approximate surface area is 113 Å². The summed E-state index contributed by atoms with van der Waals surface area (Å²) in [5.41, 5.74) is 1.32. The van der Waals surface area contributed by atoms with Gasteiger partial charge in [-0.05, 0) is 36.2 Å². The first kappa shape index (κ1) is 14.0. The molecule has 1 aromatic rings. The highest BCUT2D eigenvalue weighted by Crippen LogP contribution is 2.15. The van der Waals surface area contributed by atoms with Crippen molar-refractivity contribution in [2.45, 2.75) is 25.6 Å². The lowest BCUT2D eigenvalue weighted by atomic mass is 10.3. The van der Waals surface area contributed by atoms with E-state index < -0.39 is 10.0 Å². The van der Waals surface area contributed by atoms with Crippen molar-refractivity contribution in [2.24, 2.45) is 0 Å². The maximum absolute atomic E-state index is 12.0. The Kier molecular flexibility index (Phi) is 4.42. The molecule has 0 N–H and O–H groups in total. The molecule has 18 heavy (non-hydrogen) atoms. The molecule has 0 spiro atoms. The molecule has 1 aliphatic heterocycles. The molecule has 0 saturated carbocycles. The average molecular weight is 288 g/mol. The van der Waals surface area contributed by atoms with Gasteiger partial charge in [-0.2, -0.15) is 15.6 Å². The third kappa shape index (κ3) is 3.12. The minimum Gasteiger partial charge on any atom is -0.296 e. The minimum absolute atomic E-state index is 0.319. The van der Waals surface area contributed by atoms with Gasteiger partial charge < -0.3 is 0 Å². The zero-order valence-electron chi connectivity index (χ0n) is 10.9. The van der Waals surface area contributed by atoms with Crippen LogP contribution < -0.4 is 0 Å². The summed E-state index contributed by atoms with van der Waals surface area (Å²) in [6.45, 7) is 7.29. The predicted octanol–water partition coefficient (Wildman–Crippen LogP) is 1.60. The van der Waals surface area contributed by atoms with Crippen LogP contribution in [0.15, 0.2) is 16.8 Å². The first-order valence-corrected chi connectivity index (χ1v) is 8.67. The quantitative estimate of drug-likeness (QED) is 0.845. The van der Waals surface area contributed by atoms with Crippen molar-refractivity contribution in [1.29, 1.82) is 0 Å². The molecule has 1 aromatic heterocycles. The van der Waals surface area contributed by atoms with Crippen molar-refractivity contribution in [2.75, 3.05) is 26.2 Å². The highest BCUT2D eigenvalue weighted by Gasteiger charge is 2.29. The number of sulfonamides is 1. The Morgan fingerprint density at radius 3 is 2.44 bits per heavy atom. The number of thiophene rings is 1. The molecule has 0 aliphatic carbocycles. The van der Waals surface area contributed by atoms with Crippen molar-refractivity contribution < 1.29 is 8.42 Å². The zero-order chi connectivity index (χ0) is 13.2. The number of hydrogen-bond acceptors (Lipinski definition) is 4. The third-order valence-electron chi connectivity index (χ3n) is 3.27. The minimum atomic E-state index is -3.08. The van der Waals surface area contributed by atoms with E-state index in [1.165, 1.54) is 5.56 Å². The van der Waals surface area contributed by atoms with Gasteiger partial charge in [-0.3, -0.25) is 4.90 Å². The van der Waals surface area contributed by atoms with Crippen molar-refractivity contribution in [3.63, 3.8) is 0 Å². The van der Waals surface area contributed by atoms with Crippen molar-refractivity contribution in [3.05, 3.63) is 22.4 Å². The largest absolute Gasteiger partial charge is 0.296 e. The monoisotopic (exact) mass is 288 g/mol. The fraction of sp³-hybridized carbons (Fsp3) is 0.667. The van der Waals surface area contributed by atoms with Crippen LogP contribution >= 0.6 is 11.3 Å². The number of piperazine rings is 1. The van der Waals surface area contributed by atoms with Crippen LogP contribution in [0.5, 0.6) is 0 Å². The first-order chi connectivity index (χ1) is 8.50. The topological polar surface area (TPSA) is 40.6 Å². The fourth-order valence-electron chi connectivity index (χ4n) is 2.08. The van der Waals surface area contributed by atoms with Crippen molar-refractivity contribution in [3.8, 4) is 0 Å². The summed E-state index contributed by atoms with van der Waals surface area (Å²) in [7, 11) is -3.08. The van der Waals surface area contributed by atoms with Gasteiger partial charge in [0.25, 0.3) is 0 Å². The molecule has 6 heteroatoms. The van der Waals surface area contributed by atoms with Gasteiger partial charge in [0.2, 0.25) is 10.0 Å². The van der Waals surface area contributed by atoms with Crippen molar-refractivity contribution in [1.82, 2.24) is 9.21 Å². The van der Waals surface area contributed by atoms with E-state index in [1.54, 1.807) is 29.5 Å². The molecule has 0 amide bonds. The molecule has 0 aromatic carbocycles. The van der Waals surface area contributed by atoms with Gasteiger partial charge in [0.1, 0.15) is 0 Å². The second-order valence-electron chi connectivity index (χ2n) is 4.90. The summed E-state index contributed by atoms with van der Waals surface area (Å²) in [5.74, 6) is 0. The molecule has 4 nitrogen and oxygen atoms in total. The maximum Gasteiger partial charge on any atom is 0.216 e. The highest BCUT2D eigenvalue weighted by atomic mass is 32.2. The van der Waals surface area contributed by atoms with Crippen LogP contribution in [0.25, 0.3) is 0 Å². The van der Waals surface area contributed by atoms with Crippen LogP contribution in [-0.4, -0.2) is 49.1 Å². The summed E-state index contributed by atoms with van der Waals surface area (Å²) in [5, 5.41) is 3.91. The van der Waals surface area contributed by atoms with E-state index in [4.69, 9.17) is 0 Å². The van der Waals surface area contributed by atoms with Crippen molar-refractivity contribution >= 4 is 21.4 Å². The van der Waals surface area contributed by atoms with Gasteiger partial charge in [-0.15, -0.1) is 0 Å². The Morgan fingerprint density at radius 2 is 1.94 bits per heavy atom. The van der Waals surface area contributed by atoms with Crippen LogP contribution in [0, 0.1) is 0 Å². The normalized spacial score (nSPS) is 19.5. The summed E-state index contributed by atoms with van der Waals surface area (Å²) in [6, 6.07) is 2.13. The van der Waals surface area contributed by atoms with Crippen LogP contribution in [-0.2, 0) is 16.6 Å². The Balaban J connectivity index is 1.89. The zero-order valence-corrected chi connectivity index (χ0v) is 12.5. The molecule has 0 radical (unpaired) electrons. The number of nitrogens with zero attached hydrogens (tertiary/aromatic N) is 2. The molecular weight excluding hydrogens is 268 g/mol. The summed E-state index contributed by atoms with van der Waals surface area (Å²) in [4.78, 5) is 2.31. The fourth-order valence-corrected chi connectivity index (χ4v) is 4.01. The average Bonchev–Trinajstić information content (AvgIpc) is 2.82. The second kappa shape index (κ2) is 5.69. The lowest BCUT2D eigenvalue weighted by Crippen LogP contribution is -2.49. The van der Waals surface area contributed by atoms with Crippen LogP contribution in [0.3, 0.4) is 0 Å². The number of rotatable bonds is 4. The molecule has 102 valence electrons. The summed E-state index contributed by atoms with van der Waals surface area (Å²) >= 11 is 1.70. The Hall–Kier alpha value is -0.430. The first-order valence-electron chi connectivity index (χ1n) is 6.22. The van der Waals surface area contributed by atoms with E-state index in [-0.39, 0.29) is 5.25 Å². The van der Waals surface area contributed by atoms with Gasteiger partial charge in [-0.25, -0.2) is 8.42 Å². The molecule has 0 bridgehead atoms. The van der Waals surface area contributed by atoms with Gasteiger partial charge in [0.05, 0.1) is 5.25 Å². The predicted molar refractivity (Wildman–Crippen MR) is 75.2 cm³/mol. The molecule has 1 fully saturated rings. The van der Waals surface area contributed by atoms with Crippen LogP contribution in [0.4, 0.5) is 0 Å². The highest BCUT2D eigenvalue weighted by molar-refractivity contribution is 7.89. The lowest BCUT2D eigenvalue weighted by molar-refractivity contribution is 0.181. The van der Waals surface area contributed by atoms with Gasteiger partial charge in [0.15, 0.2) is 0 Å². The smallest absolute Gasteiger partial charge is 0.216 e. The molecular formula is C12H20N2O2S2. The second-order valence-corrected chi connectivity index (χ2v) is 8.17. The lowest BCUT2D eigenvalue weighted by Gasteiger charge is -2.34. The Morgan fingerprint density at radius 1 is 1.28 bits per heavy atom. The van der Waals surface area contributed by atoms with Gasteiger partial charge >= 0.3 is 0 Å². The Bertz CT molecular complexity index is 460. The van der Waals surface area contributed by atoms with E-state index in [0.717, 1.165) is 19.6 Å². The molecule has 1 saturated heterocycles. The van der Waals surface area contributed by atoms with Gasteiger partial charge in [0, 0.05) is 32.7 Å². The summed E-state index contributed by atoms with van der Waals surface area (Å²) in [6.07, 6.45) is 0. The maximum atomic E-state index is 12.0. The van der Waals surface area contributed by atoms with E-state index in [9.17, 15) is 8.42 Å². The SMILES string of the molecule is CC(C)S(=O)(=O)N1CCN(Cc2ccsc2)CC1. The van der Waals surface area contributed by atoms with Crippen LogP contribution in [0.1, 0.15) is 19.4 Å². The van der Waals surface area contributed by atoms with E-state index >= 15 is 0 Å². The van der Waals surface area contributed by atoms with E-state index in [2.05, 4.69) is 21.7 Å². The molecule has 0 unspecified atom stereocenters.